The van der Waals surface area contributed by atoms with Gasteiger partial charge in [-0.3, -0.25) is 0 Å². The lowest BCUT2D eigenvalue weighted by atomic mass is 9.96. The van der Waals surface area contributed by atoms with Crippen molar-refractivity contribution in [3.8, 4) is 0 Å². The van der Waals surface area contributed by atoms with E-state index in [2.05, 4.69) is 35.0 Å². The van der Waals surface area contributed by atoms with Crippen LogP contribution in [-0.4, -0.2) is 18.0 Å². The molecule has 1 saturated heterocycles. The molecule has 2 rings (SSSR count). The number of fused-ring (bicyclic) bond motifs is 1. The highest BCUT2D eigenvalue weighted by Crippen LogP contribution is 2.39. The van der Waals surface area contributed by atoms with Crippen molar-refractivity contribution in [1.29, 1.82) is 0 Å². The Bertz CT molecular complexity index is 318. The lowest BCUT2D eigenvalue weighted by Crippen LogP contribution is -2.25. The number of ether oxygens (including phenoxy) is 2. The molecule has 15 heavy (non-hydrogen) atoms. The fourth-order valence-corrected chi connectivity index (χ4v) is 2.74. The van der Waals surface area contributed by atoms with E-state index in [4.69, 9.17) is 9.47 Å². The molecule has 0 unspecified atom stereocenters. The zero-order chi connectivity index (χ0) is 11.1. The fourth-order valence-electron chi connectivity index (χ4n) is 2.15. The van der Waals surface area contributed by atoms with E-state index in [0.29, 0.717) is 0 Å². The Morgan fingerprint density at radius 3 is 2.93 bits per heavy atom. The van der Waals surface area contributed by atoms with E-state index in [0.717, 1.165) is 17.3 Å². The summed E-state index contributed by atoms with van der Waals surface area (Å²) in [5.74, 6) is -0.444. The standard InChI is InChI=1S/C12H17BrO2/c1-4-5-8-6-10-11(7-9(8)13)15-12(2,3)14-10/h5,7,10-11H,4,6H2,1-3H3/b8-5+/t10-,11+/m1/s1. The molecular weight excluding hydrogens is 256 g/mol. The van der Waals surface area contributed by atoms with Crippen molar-refractivity contribution in [3.63, 3.8) is 0 Å². The van der Waals surface area contributed by atoms with Crippen LogP contribution >= 0.6 is 15.9 Å². The highest BCUT2D eigenvalue weighted by Gasteiger charge is 2.42. The molecule has 2 aliphatic rings. The lowest BCUT2D eigenvalue weighted by Gasteiger charge is -2.21. The van der Waals surface area contributed by atoms with Gasteiger partial charge in [0.25, 0.3) is 0 Å². The van der Waals surface area contributed by atoms with Gasteiger partial charge in [0.1, 0.15) is 6.10 Å². The summed E-state index contributed by atoms with van der Waals surface area (Å²) in [5.41, 5.74) is 1.33. The molecule has 3 heteroatoms. The molecule has 2 atom stereocenters. The molecule has 0 amide bonds. The molecule has 1 aliphatic heterocycles. The Morgan fingerprint density at radius 1 is 1.53 bits per heavy atom. The summed E-state index contributed by atoms with van der Waals surface area (Å²) in [7, 11) is 0. The van der Waals surface area contributed by atoms with Gasteiger partial charge in [-0.15, -0.1) is 0 Å². The van der Waals surface area contributed by atoms with Crippen molar-refractivity contribution in [3.05, 3.63) is 22.2 Å². The van der Waals surface area contributed by atoms with E-state index in [1.54, 1.807) is 0 Å². The molecule has 1 heterocycles. The van der Waals surface area contributed by atoms with Crippen molar-refractivity contribution in [2.75, 3.05) is 0 Å². The van der Waals surface area contributed by atoms with Gasteiger partial charge in [-0.25, -0.2) is 0 Å². The Labute approximate surface area is 99.5 Å². The SMILES string of the molecule is CC/C=C1\C[C@H]2OC(C)(C)O[C@H]2C=C1Br. The first kappa shape index (κ1) is 11.4. The molecule has 0 saturated carbocycles. The second-order valence-electron chi connectivity index (χ2n) is 4.49. The third-order valence-corrected chi connectivity index (χ3v) is 3.48. The summed E-state index contributed by atoms with van der Waals surface area (Å²) in [5, 5.41) is 0. The molecule has 2 nitrogen and oxygen atoms in total. The Morgan fingerprint density at radius 2 is 2.27 bits per heavy atom. The molecule has 0 aromatic carbocycles. The molecule has 0 N–H and O–H groups in total. The van der Waals surface area contributed by atoms with Crippen LogP contribution in [0.2, 0.25) is 0 Å². The van der Waals surface area contributed by atoms with Crippen molar-refractivity contribution in [2.45, 2.75) is 51.6 Å². The second-order valence-corrected chi connectivity index (χ2v) is 5.35. The van der Waals surface area contributed by atoms with Gasteiger partial charge in [0.2, 0.25) is 0 Å². The zero-order valence-electron chi connectivity index (χ0n) is 9.42. The smallest absolute Gasteiger partial charge is 0.164 e. The van der Waals surface area contributed by atoms with Gasteiger partial charge in [-0.1, -0.05) is 28.9 Å². The van der Waals surface area contributed by atoms with Crippen LogP contribution in [0.1, 0.15) is 33.6 Å². The first-order valence-electron chi connectivity index (χ1n) is 5.44. The predicted molar refractivity (Wildman–Crippen MR) is 63.8 cm³/mol. The molecule has 84 valence electrons. The molecule has 0 radical (unpaired) electrons. The number of hydrogen-bond donors (Lipinski definition) is 0. The first-order chi connectivity index (χ1) is 7.02. The van der Waals surface area contributed by atoms with E-state index in [9.17, 15) is 0 Å². The van der Waals surface area contributed by atoms with Gasteiger partial charge in [-0.05, 0) is 31.9 Å². The Balaban J connectivity index is 2.20. The maximum Gasteiger partial charge on any atom is 0.164 e. The van der Waals surface area contributed by atoms with Crippen LogP contribution in [0.15, 0.2) is 22.2 Å². The highest BCUT2D eigenvalue weighted by atomic mass is 79.9. The summed E-state index contributed by atoms with van der Waals surface area (Å²) < 4.78 is 12.8. The van der Waals surface area contributed by atoms with Gasteiger partial charge in [0.05, 0.1) is 6.10 Å². The third-order valence-electron chi connectivity index (χ3n) is 2.71. The number of halogens is 1. The Hall–Kier alpha value is -0.120. The predicted octanol–water partition coefficient (Wildman–Crippen LogP) is 3.53. The lowest BCUT2D eigenvalue weighted by molar-refractivity contribution is -0.142. The summed E-state index contributed by atoms with van der Waals surface area (Å²) in [6.07, 6.45) is 6.64. The van der Waals surface area contributed by atoms with E-state index < -0.39 is 5.79 Å². The summed E-state index contributed by atoms with van der Waals surface area (Å²) >= 11 is 3.59. The van der Waals surface area contributed by atoms with Gasteiger partial charge in [0.15, 0.2) is 5.79 Å². The topological polar surface area (TPSA) is 18.5 Å². The molecular formula is C12H17BrO2. The number of hydrogen-bond acceptors (Lipinski definition) is 2. The van der Waals surface area contributed by atoms with Crippen LogP contribution in [-0.2, 0) is 9.47 Å². The molecule has 0 bridgehead atoms. The average Bonchev–Trinajstić information content (AvgIpc) is 2.39. The van der Waals surface area contributed by atoms with Crippen LogP contribution in [0.3, 0.4) is 0 Å². The largest absolute Gasteiger partial charge is 0.344 e. The monoisotopic (exact) mass is 272 g/mol. The van der Waals surface area contributed by atoms with Gasteiger partial charge in [-0.2, -0.15) is 0 Å². The van der Waals surface area contributed by atoms with Crippen LogP contribution in [0, 0.1) is 0 Å². The molecule has 0 spiro atoms. The quantitative estimate of drug-likeness (QED) is 0.727. The highest BCUT2D eigenvalue weighted by molar-refractivity contribution is 9.12. The fraction of sp³-hybridized carbons (Fsp3) is 0.667. The van der Waals surface area contributed by atoms with E-state index in [1.807, 2.05) is 13.8 Å². The number of allylic oxidation sites excluding steroid dienone is 2. The van der Waals surface area contributed by atoms with Crippen molar-refractivity contribution >= 4 is 15.9 Å². The van der Waals surface area contributed by atoms with E-state index in [-0.39, 0.29) is 12.2 Å². The van der Waals surface area contributed by atoms with E-state index >= 15 is 0 Å². The molecule has 1 fully saturated rings. The van der Waals surface area contributed by atoms with E-state index in [1.165, 1.54) is 5.57 Å². The average molecular weight is 273 g/mol. The minimum absolute atomic E-state index is 0.100. The normalized spacial score (nSPS) is 36.5. The molecule has 0 aromatic rings. The van der Waals surface area contributed by atoms with Crippen LogP contribution in [0.5, 0.6) is 0 Å². The minimum atomic E-state index is -0.444. The van der Waals surface area contributed by atoms with Crippen LogP contribution in [0.25, 0.3) is 0 Å². The third kappa shape index (κ3) is 2.35. The van der Waals surface area contributed by atoms with Gasteiger partial charge >= 0.3 is 0 Å². The van der Waals surface area contributed by atoms with Crippen LogP contribution < -0.4 is 0 Å². The summed E-state index contributed by atoms with van der Waals surface area (Å²) in [6, 6.07) is 0. The zero-order valence-corrected chi connectivity index (χ0v) is 11.0. The van der Waals surface area contributed by atoms with Gasteiger partial charge in [0, 0.05) is 10.9 Å². The first-order valence-corrected chi connectivity index (χ1v) is 6.23. The summed E-state index contributed by atoms with van der Waals surface area (Å²) in [4.78, 5) is 0. The maximum atomic E-state index is 5.85. The van der Waals surface area contributed by atoms with Gasteiger partial charge < -0.3 is 9.47 Å². The van der Waals surface area contributed by atoms with Crippen molar-refractivity contribution in [2.24, 2.45) is 0 Å². The molecule has 1 aliphatic carbocycles. The minimum Gasteiger partial charge on any atom is -0.344 e. The van der Waals surface area contributed by atoms with Crippen LogP contribution in [0.4, 0.5) is 0 Å². The Kier molecular flexibility index (Phi) is 3.06. The van der Waals surface area contributed by atoms with Crippen molar-refractivity contribution < 1.29 is 9.47 Å². The van der Waals surface area contributed by atoms with Crippen molar-refractivity contribution in [1.82, 2.24) is 0 Å². The maximum absolute atomic E-state index is 5.85. The second kappa shape index (κ2) is 4.04. The summed E-state index contributed by atoms with van der Waals surface area (Å²) in [6.45, 7) is 6.09. The number of rotatable bonds is 1. The molecule has 0 aromatic heterocycles.